The van der Waals surface area contributed by atoms with Gasteiger partial charge < -0.3 is 4.90 Å². The molecule has 0 spiro atoms. The highest BCUT2D eigenvalue weighted by atomic mass is 35.5. The number of carbonyl (C=O) groups is 1. The summed E-state index contributed by atoms with van der Waals surface area (Å²) in [7, 11) is 0. The molecule has 4 heteroatoms. The van der Waals surface area contributed by atoms with E-state index >= 15 is 0 Å². The Kier molecular flexibility index (Phi) is 3.72. The lowest BCUT2D eigenvalue weighted by Gasteiger charge is -2.15. The summed E-state index contributed by atoms with van der Waals surface area (Å²) in [6.07, 6.45) is 0. The van der Waals surface area contributed by atoms with Gasteiger partial charge in [0.1, 0.15) is 5.38 Å². The Morgan fingerprint density at radius 1 is 1.31 bits per heavy atom. The van der Waals surface area contributed by atoms with Crippen molar-refractivity contribution in [2.75, 3.05) is 12.4 Å². The smallest absolute Gasteiger partial charge is 0.241 e. The molecule has 0 aliphatic carbocycles. The number of likely N-dealkylation sites (tertiary alicyclic amines) is 1. The summed E-state index contributed by atoms with van der Waals surface area (Å²) in [5, 5.41) is -0.457. The van der Waals surface area contributed by atoms with Crippen LogP contribution in [0.1, 0.15) is 5.56 Å². The van der Waals surface area contributed by atoms with Crippen LogP contribution in [0.2, 0.25) is 0 Å². The predicted octanol–water partition coefficient (Wildman–Crippen LogP) is 2.49. The lowest BCUT2D eigenvalue weighted by atomic mass is 10.1. The third-order valence-electron chi connectivity index (χ3n) is 2.83. The Labute approximate surface area is 105 Å². The molecular weight excluding hydrogens is 245 g/mol. The first-order valence-electron chi connectivity index (χ1n) is 5.25. The van der Waals surface area contributed by atoms with Gasteiger partial charge in [-0.15, -0.1) is 23.2 Å². The third kappa shape index (κ3) is 2.33. The number of amides is 1. The molecule has 0 N–H and O–H groups in total. The number of carbonyl (C=O) groups excluding carboxylic acids is 1. The number of hydrogen-bond donors (Lipinski definition) is 0. The van der Waals surface area contributed by atoms with Gasteiger partial charge in [0, 0.05) is 24.9 Å². The van der Waals surface area contributed by atoms with Crippen LogP contribution in [-0.4, -0.2) is 28.6 Å². The minimum atomic E-state index is -0.457. The second-order valence-corrected chi connectivity index (χ2v) is 4.80. The Hall–Kier alpha value is -0.730. The molecule has 1 fully saturated rings. The van der Waals surface area contributed by atoms with E-state index in [0.29, 0.717) is 19.0 Å². The van der Waals surface area contributed by atoms with Crippen molar-refractivity contribution in [3.8, 4) is 0 Å². The molecule has 2 nitrogen and oxygen atoms in total. The van der Waals surface area contributed by atoms with Crippen LogP contribution in [0.15, 0.2) is 30.3 Å². The fraction of sp³-hybridized carbons (Fsp3) is 0.417. The van der Waals surface area contributed by atoms with Crippen LogP contribution in [0, 0.1) is 5.92 Å². The molecule has 0 radical (unpaired) electrons. The summed E-state index contributed by atoms with van der Waals surface area (Å²) >= 11 is 11.8. The number of hydrogen-bond acceptors (Lipinski definition) is 1. The molecule has 1 aliphatic rings. The van der Waals surface area contributed by atoms with Crippen molar-refractivity contribution in [3.63, 3.8) is 0 Å². The molecule has 16 heavy (non-hydrogen) atoms. The largest absolute Gasteiger partial charge is 0.337 e. The molecule has 1 aromatic carbocycles. The standard InChI is InChI=1S/C12H13Cl2NO/c13-6-10-8-15(12(16)11(10)14)7-9-4-2-1-3-5-9/h1-5,10-11H,6-8H2/t10-,11+/m1/s1. The van der Waals surface area contributed by atoms with Gasteiger partial charge in [0.05, 0.1) is 0 Å². The zero-order chi connectivity index (χ0) is 11.5. The Balaban J connectivity index is 2.04. The van der Waals surface area contributed by atoms with Crippen LogP contribution in [0.25, 0.3) is 0 Å². The molecule has 1 heterocycles. The highest BCUT2D eigenvalue weighted by Gasteiger charge is 2.38. The fourth-order valence-electron chi connectivity index (χ4n) is 1.91. The lowest BCUT2D eigenvalue weighted by Crippen LogP contribution is -2.26. The maximum atomic E-state index is 11.8. The third-order valence-corrected chi connectivity index (χ3v) is 3.77. The van der Waals surface area contributed by atoms with Crippen LogP contribution >= 0.6 is 23.2 Å². The molecule has 1 aliphatic heterocycles. The summed E-state index contributed by atoms with van der Waals surface area (Å²) < 4.78 is 0. The molecule has 1 aromatic rings. The molecule has 1 amide bonds. The molecular formula is C12H13Cl2NO. The van der Waals surface area contributed by atoms with E-state index in [1.165, 1.54) is 0 Å². The van der Waals surface area contributed by atoms with Gasteiger partial charge in [0.2, 0.25) is 5.91 Å². The van der Waals surface area contributed by atoms with E-state index in [0.717, 1.165) is 5.56 Å². The zero-order valence-electron chi connectivity index (χ0n) is 8.77. The van der Waals surface area contributed by atoms with Gasteiger partial charge in [-0.2, -0.15) is 0 Å². The maximum Gasteiger partial charge on any atom is 0.241 e. The topological polar surface area (TPSA) is 20.3 Å². The minimum Gasteiger partial charge on any atom is -0.337 e. The van der Waals surface area contributed by atoms with Crippen molar-refractivity contribution < 1.29 is 4.79 Å². The summed E-state index contributed by atoms with van der Waals surface area (Å²) in [5.41, 5.74) is 1.12. The second-order valence-electron chi connectivity index (χ2n) is 4.02. The molecule has 0 aromatic heterocycles. The monoisotopic (exact) mass is 257 g/mol. The Morgan fingerprint density at radius 3 is 2.56 bits per heavy atom. The van der Waals surface area contributed by atoms with Gasteiger partial charge >= 0.3 is 0 Å². The van der Waals surface area contributed by atoms with Crippen molar-refractivity contribution in [1.82, 2.24) is 4.90 Å². The van der Waals surface area contributed by atoms with Gasteiger partial charge in [0.25, 0.3) is 0 Å². The molecule has 1 saturated heterocycles. The summed E-state index contributed by atoms with van der Waals surface area (Å²) in [6, 6.07) is 9.90. The Morgan fingerprint density at radius 2 is 2.00 bits per heavy atom. The molecule has 2 atom stereocenters. The van der Waals surface area contributed by atoms with Gasteiger partial charge in [-0.1, -0.05) is 30.3 Å². The van der Waals surface area contributed by atoms with Crippen LogP contribution in [-0.2, 0) is 11.3 Å². The van der Waals surface area contributed by atoms with Crippen LogP contribution in [0.3, 0.4) is 0 Å². The predicted molar refractivity (Wildman–Crippen MR) is 65.7 cm³/mol. The van der Waals surface area contributed by atoms with Crippen molar-refractivity contribution in [1.29, 1.82) is 0 Å². The minimum absolute atomic E-state index is 0.00355. The van der Waals surface area contributed by atoms with E-state index in [1.54, 1.807) is 4.90 Å². The van der Waals surface area contributed by atoms with Crippen LogP contribution in [0.4, 0.5) is 0 Å². The van der Waals surface area contributed by atoms with Crippen molar-refractivity contribution >= 4 is 29.1 Å². The normalized spacial score (nSPS) is 25.1. The van der Waals surface area contributed by atoms with E-state index in [-0.39, 0.29) is 11.8 Å². The highest BCUT2D eigenvalue weighted by Crippen LogP contribution is 2.25. The van der Waals surface area contributed by atoms with Crippen molar-refractivity contribution in [3.05, 3.63) is 35.9 Å². The van der Waals surface area contributed by atoms with Crippen LogP contribution in [0.5, 0.6) is 0 Å². The highest BCUT2D eigenvalue weighted by molar-refractivity contribution is 6.32. The second kappa shape index (κ2) is 5.07. The first-order valence-corrected chi connectivity index (χ1v) is 6.22. The van der Waals surface area contributed by atoms with Gasteiger partial charge in [-0.25, -0.2) is 0 Å². The molecule has 2 rings (SSSR count). The van der Waals surface area contributed by atoms with Gasteiger partial charge in [-0.3, -0.25) is 4.79 Å². The first-order chi connectivity index (χ1) is 7.72. The van der Waals surface area contributed by atoms with Crippen molar-refractivity contribution in [2.45, 2.75) is 11.9 Å². The van der Waals surface area contributed by atoms with E-state index < -0.39 is 5.38 Å². The quantitative estimate of drug-likeness (QED) is 0.763. The number of nitrogens with zero attached hydrogens (tertiary/aromatic N) is 1. The van der Waals surface area contributed by atoms with Crippen molar-refractivity contribution in [2.24, 2.45) is 5.92 Å². The lowest BCUT2D eigenvalue weighted by molar-refractivity contribution is -0.127. The number of rotatable bonds is 3. The molecule has 0 unspecified atom stereocenters. The molecule has 86 valence electrons. The van der Waals surface area contributed by atoms with E-state index in [9.17, 15) is 4.79 Å². The SMILES string of the molecule is O=C1[C@@H](Cl)[C@H](CCl)CN1Cc1ccccc1. The average molecular weight is 258 g/mol. The zero-order valence-corrected chi connectivity index (χ0v) is 10.3. The first kappa shape index (κ1) is 11.7. The number of benzene rings is 1. The maximum absolute atomic E-state index is 11.8. The van der Waals surface area contributed by atoms with Gasteiger partial charge in [0.15, 0.2) is 0 Å². The van der Waals surface area contributed by atoms with E-state index in [4.69, 9.17) is 23.2 Å². The average Bonchev–Trinajstić information content (AvgIpc) is 2.58. The summed E-state index contributed by atoms with van der Waals surface area (Å²) in [4.78, 5) is 13.6. The van der Waals surface area contributed by atoms with Crippen LogP contribution < -0.4 is 0 Å². The van der Waals surface area contributed by atoms with E-state index in [2.05, 4.69) is 0 Å². The number of alkyl halides is 2. The fourth-order valence-corrected chi connectivity index (χ4v) is 2.59. The Bertz CT molecular complexity index is 369. The summed E-state index contributed by atoms with van der Waals surface area (Å²) in [5.74, 6) is 0.501. The molecule has 0 bridgehead atoms. The van der Waals surface area contributed by atoms with Gasteiger partial charge in [-0.05, 0) is 5.56 Å². The molecule has 0 saturated carbocycles. The number of halogens is 2. The van der Waals surface area contributed by atoms with E-state index in [1.807, 2.05) is 30.3 Å². The summed E-state index contributed by atoms with van der Waals surface area (Å²) in [6.45, 7) is 1.28.